The zero-order valence-electron chi connectivity index (χ0n) is 17.8. The molecular formula is C25H24N4O3. The van der Waals surface area contributed by atoms with Crippen molar-refractivity contribution >= 4 is 29.1 Å². The van der Waals surface area contributed by atoms with Gasteiger partial charge in [-0.1, -0.05) is 12.1 Å². The first-order valence-electron chi connectivity index (χ1n) is 10.5. The van der Waals surface area contributed by atoms with Gasteiger partial charge >= 0.3 is 0 Å². The lowest BCUT2D eigenvalue weighted by atomic mass is 10.0. The highest BCUT2D eigenvalue weighted by atomic mass is 16.2. The molecule has 7 heteroatoms. The van der Waals surface area contributed by atoms with Gasteiger partial charge < -0.3 is 15.5 Å². The number of rotatable bonds is 5. The lowest BCUT2D eigenvalue weighted by Gasteiger charge is -2.18. The lowest BCUT2D eigenvalue weighted by Crippen LogP contribution is -2.28. The second-order valence-corrected chi connectivity index (χ2v) is 7.71. The highest BCUT2D eigenvalue weighted by Crippen LogP contribution is 2.23. The monoisotopic (exact) mass is 428 g/mol. The molecule has 1 aromatic heterocycles. The van der Waals surface area contributed by atoms with Crippen LogP contribution in [0.2, 0.25) is 0 Å². The van der Waals surface area contributed by atoms with E-state index in [1.165, 1.54) is 6.20 Å². The summed E-state index contributed by atoms with van der Waals surface area (Å²) in [6, 6.07) is 15.4. The number of aromatic nitrogens is 1. The van der Waals surface area contributed by atoms with E-state index in [9.17, 15) is 14.4 Å². The Labute approximate surface area is 186 Å². The third-order valence-corrected chi connectivity index (χ3v) is 5.51. The zero-order chi connectivity index (χ0) is 22.5. The number of amides is 3. The number of nitrogens with zero attached hydrogens (tertiary/aromatic N) is 2. The number of carbonyl (C=O) groups is 3. The minimum atomic E-state index is -0.323. The third kappa shape index (κ3) is 4.67. The third-order valence-electron chi connectivity index (χ3n) is 5.51. The number of anilines is 2. The maximum absolute atomic E-state index is 12.9. The fourth-order valence-corrected chi connectivity index (χ4v) is 3.73. The molecule has 1 aliphatic heterocycles. The van der Waals surface area contributed by atoms with Crippen molar-refractivity contribution in [1.82, 2.24) is 9.88 Å². The number of pyridine rings is 1. The van der Waals surface area contributed by atoms with Gasteiger partial charge in [-0.2, -0.15) is 0 Å². The maximum Gasteiger partial charge on any atom is 0.257 e. The smallest absolute Gasteiger partial charge is 0.257 e. The average Bonchev–Trinajstić information content (AvgIpc) is 3.36. The van der Waals surface area contributed by atoms with Crippen molar-refractivity contribution in [1.29, 1.82) is 0 Å². The van der Waals surface area contributed by atoms with Crippen LogP contribution in [0.5, 0.6) is 0 Å². The van der Waals surface area contributed by atoms with Crippen LogP contribution in [0.3, 0.4) is 0 Å². The van der Waals surface area contributed by atoms with Gasteiger partial charge in [-0.3, -0.25) is 19.4 Å². The van der Waals surface area contributed by atoms with Crippen LogP contribution in [0.1, 0.15) is 49.5 Å². The summed E-state index contributed by atoms with van der Waals surface area (Å²) in [5, 5.41) is 5.67. The summed E-state index contributed by atoms with van der Waals surface area (Å²) in [5.74, 6) is -0.632. The van der Waals surface area contributed by atoms with Crippen molar-refractivity contribution in [3.63, 3.8) is 0 Å². The van der Waals surface area contributed by atoms with E-state index in [4.69, 9.17) is 0 Å². The van der Waals surface area contributed by atoms with Crippen LogP contribution in [0.25, 0.3) is 0 Å². The number of hydrogen-bond acceptors (Lipinski definition) is 4. The summed E-state index contributed by atoms with van der Waals surface area (Å²) in [6.45, 7) is 3.38. The standard InChI is InChI=1S/C25H24N4O3/c1-17-21(25(32)29-13-2-3-14-29)10-5-11-22(17)28-23(30)18-7-4-9-20(15-18)27-24(31)19-8-6-12-26-16-19/h4-12,15-16H,2-3,13-14H2,1H3,(H,27,31)(H,28,30). The van der Waals surface area contributed by atoms with Crippen LogP contribution in [-0.4, -0.2) is 40.7 Å². The van der Waals surface area contributed by atoms with Gasteiger partial charge in [0, 0.05) is 48.0 Å². The van der Waals surface area contributed by atoms with E-state index < -0.39 is 0 Å². The Bertz CT molecular complexity index is 1150. The van der Waals surface area contributed by atoms with E-state index in [1.54, 1.807) is 60.8 Å². The first-order valence-corrected chi connectivity index (χ1v) is 10.5. The molecule has 0 radical (unpaired) electrons. The van der Waals surface area contributed by atoms with E-state index in [1.807, 2.05) is 11.8 Å². The Kier molecular flexibility index (Phi) is 6.26. The topological polar surface area (TPSA) is 91.4 Å². The van der Waals surface area contributed by atoms with Crippen molar-refractivity contribution in [3.05, 3.63) is 89.2 Å². The summed E-state index contributed by atoms with van der Waals surface area (Å²) in [7, 11) is 0. The molecule has 0 atom stereocenters. The Hall–Kier alpha value is -4.00. The number of benzene rings is 2. The number of likely N-dealkylation sites (tertiary alicyclic amines) is 1. The van der Waals surface area contributed by atoms with Crippen LogP contribution in [-0.2, 0) is 0 Å². The van der Waals surface area contributed by atoms with Gasteiger partial charge in [-0.05, 0) is 67.8 Å². The molecule has 0 spiro atoms. The van der Waals surface area contributed by atoms with Gasteiger partial charge in [-0.15, -0.1) is 0 Å². The molecule has 4 rings (SSSR count). The molecule has 0 saturated carbocycles. The van der Waals surface area contributed by atoms with E-state index in [0.29, 0.717) is 28.1 Å². The molecule has 0 unspecified atom stereocenters. The second-order valence-electron chi connectivity index (χ2n) is 7.71. The lowest BCUT2D eigenvalue weighted by molar-refractivity contribution is 0.0791. The molecule has 2 aromatic carbocycles. The molecule has 2 heterocycles. The largest absolute Gasteiger partial charge is 0.339 e. The summed E-state index contributed by atoms with van der Waals surface area (Å²) in [6.07, 6.45) is 5.12. The number of carbonyl (C=O) groups excluding carboxylic acids is 3. The van der Waals surface area contributed by atoms with Gasteiger partial charge in [0.25, 0.3) is 17.7 Å². The Morgan fingerprint density at radius 3 is 2.34 bits per heavy atom. The molecule has 2 N–H and O–H groups in total. The second kappa shape index (κ2) is 9.43. The summed E-state index contributed by atoms with van der Waals surface area (Å²) < 4.78 is 0. The highest BCUT2D eigenvalue weighted by Gasteiger charge is 2.22. The Morgan fingerprint density at radius 1 is 0.875 bits per heavy atom. The summed E-state index contributed by atoms with van der Waals surface area (Å²) >= 11 is 0. The van der Waals surface area contributed by atoms with Crippen LogP contribution in [0.15, 0.2) is 67.0 Å². The van der Waals surface area contributed by atoms with Crippen molar-refractivity contribution in [2.45, 2.75) is 19.8 Å². The maximum atomic E-state index is 12.9. The Balaban J connectivity index is 1.48. The molecule has 0 bridgehead atoms. The van der Waals surface area contributed by atoms with Gasteiger partial charge in [0.05, 0.1) is 5.56 Å². The van der Waals surface area contributed by atoms with Crippen LogP contribution >= 0.6 is 0 Å². The average molecular weight is 428 g/mol. The van der Waals surface area contributed by atoms with Crippen molar-refractivity contribution in [2.24, 2.45) is 0 Å². The SMILES string of the molecule is Cc1c(NC(=O)c2cccc(NC(=O)c3cccnc3)c2)cccc1C(=O)N1CCCC1. The minimum absolute atomic E-state index is 0.00351. The number of hydrogen-bond donors (Lipinski definition) is 2. The molecule has 1 fully saturated rings. The van der Waals surface area contributed by atoms with Gasteiger partial charge in [0.15, 0.2) is 0 Å². The molecule has 7 nitrogen and oxygen atoms in total. The highest BCUT2D eigenvalue weighted by molar-refractivity contribution is 6.08. The molecule has 3 amide bonds. The van der Waals surface area contributed by atoms with Gasteiger partial charge in [0.2, 0.25) is 0 Å². The van der Waals surface area contributed by atoms with Crippen LogP contribution < -0.4 is 10.6 Å². The van der Waals surface area contributed by atoms with Gasteiger partial charge in [-0.25, -0.2) is 0 Å². The summed E-state index contributed by atoms with van der Waals surface area (Å²) in [5.41, 5.74) is 3.24. The Morgan fingerprint density at radius 2 is 1.59 bits per heavy atom. The predicted molar refractivity (Wildman–Crippen MR) is 123 cm³/mol. The summed E-state index contributed by atoms with van der Waals surface area (Å²) in [4.78, 5) is 43.8. The van der Waals surface area contributed by atoms with Crippen LogP contribution in [0, 0.1) is 6.92 Å². The predicted octanol–water partition coefficient (Wildman–Crippen LogP) is 4.13. The van der Waals surface area contributed by atoms with Crippen molar-refractivity contribution < 1.29 is 14.4 Å². The fraction of sp³-hybridized carbons (Fsp3) is 0.200. The molecule has 1 aliphatic rings. The van der Waals surface area contributed by atoms with E-state index in [-0.39, 0.29) is 17.7 Å². The molecule has 1 saturated heterocycles. The quantitative estimate of drug-likeness (QED) is 0.639. The fourth-order valence-electron chi connectivity index (χ4n) is 3.73. The van der Waals surface area contributed by atoms with Crippen molar-refractivity contribution in [2.75, 3.05) is 23.7 Å². The molecular weight excluding hydrogens is 404 g/mol. The zero-order valence-corrected chi connectivity index (χ0v) is 17.8. The molecule has 162 valence electrons. The first kappa shape index (κ1) is 21.2. The van der Waals surface area contributed by atoms with Crippen molar-refractivity contribution in [3.8, 4) is 0 Å². The minimum Gasteiger partial charge on any atom is -0.339 e. The van der Waals surface area contributed by atoms with E-state index >= 15 is 0 Å². The molecule has 3 aromatic rings. The first-order chi connectivity index (χ1) is 15.5. The van der Waals surface area contributed by atoms with Crippen LogP contribution in [0.4, 0.5) is 11.4 Å². The van der Waals surface area contributed by atoms with E-state index in [2.05, 4.69) is 15.6 Å². The number of nitrogens with one attached hydrogen (secondary N) is 2. The molecule has 0 aliphatic carbocycles. The van der Waals surface area contributed by atoms with Gasteiger partial charge in [0.1, 0.15) is 0 Å². The normalized spacial score (nSPS) is 13.0. The molecule has 32 heavy (non-hydrogen) atoms. The van der Waals surface area contributed by atoms with E-state index in [0.717, 1.165) is 31.5 Å².